The number of guanidine groups is 1. The zero-order valence-corrected chi connectivity index (χ0v) is 20.2. The maximum atomic E-state index is 12.0. The van der Waals surface area contributed by atoms with Crippen molar-refractivity contribution in [3.8, 4) is 0 Å². The number of halogens is 1. The molecule has 0 saturated heterocycles. The summed E-state index contributed by atoms with van der Waals surface area (Å²) in [5.74, 6) is 2.12. The molecule has 1 amide bonds. The SMILES string of the molecule is CCNC(=NCc1cccc(NC(=O)C(C)CC)c1)NCCCCSC.I. The zero-order chi connectivity index (χ0) is 19.2. The van der Waals surface area contributed by atoms with Crippen LogP contribution in [0, 0.1) is 5.92 Å². The second kappa shape index (κ2) is 16.0. The summed E-state index contributed by atoms with van der Waals surface area (Å²) in [6.07, 6.45) is 5.33. The van der Waals surface area contributed by atoms with Crippen LogP contribution in [0.1, 0.15) is 45.6 Å². The van der Waals surface area contributed by atoms with Crippen LogP contribution in [-0.2, 0) is 11.3 Å². The predicted octanol–water partition coefficient (Wildman–Crippen LogP) is 4.49. The number of carbonyl (C=O) groups excluding carboxylic acids is 1. The Labute approximate surface area is 186 Å². The van der Waals surface area contributed by atoms with Gasteiger partial charge in [0, 0.05) is 24.7 Å². The van der Waals surface area contributed by atoms with Gasteiger partial charge in [0.15, 0.2) is 5.96 Å². The fourth-order valence-corrected chi connectivity index (χ4v) is 2.78. The minimum atomic E-state index is 0. The van der Waals surface area contributed by atoms with Crippen LogP contribution in [0.5, 0.6) is 0 Å². The number of thioether (sulfide) groups is 1. The Balaban J connectivity index is 0.00000676. The van der Waals surface area contributed by atoms with E-state index in [0.717, 1.165) is 43.1 Å². The lowest BCUT2D eigenvalue weighted by molar-refractivity contribution is -0.119. The van der Waals surface area contributed by atoms with Gasteiger partial charge in [-0.3, -0.25) is 4.79 Å². The molecule has 0 radical (unpaired) electrons. The van der Waals surface area contributed by atoms with Crippen LogP contribution >= 0.6 is 35.7 Å². The molecule has 0 heterocycles. The van der Waals surface area contributed by atoms with Crippen molar-refractivity contribution in [2.24, 2.45) is 10.9 Å². The predicted molar refractivity (Wildman–Crippen MR) is 130 cm³/mol. The molecule has 27 heavy (non-hydrogen) atoms. The molecule has 1 aromatic carbocycles. The van der Waals surface area contributed by atoms with Gasteiger partial charge in [-0.05, 0) is 55.9 Å². The van der Waals surface area contributed by atoms with Crippen LogP contribution in [0.25, 0.3) is 0 Å². The Kier molecular flexibility index (Phi) is 15.5. The van der Waals surface area contributed by atoms with Crippen molar-refractivity contribution >= 4 is 53.3 Å². The number of amides is 1. The van der Waals surface area contributed by atoms with Gasteiger partial charge in [-0.15, -0.1) is 24.0 Å². The molecular formula is C20H35IN4OS. The molecule has 0 bridgehead atoms. The molecule has 7 heteroatoms. The Bertz CT molecular complexity index is 569. The van der Waals surface area contributed by atoms with Crippen molar-refractivity contribution in [1.29, 1.82) is 0 Å². The second-order valence-corrected chi connectivity index (χ2v) is 7.31. The molecule has 1 unspecified atom stereocenters. The zero-order valence-electron chi connectivity index (χ0n) is 17.0. The normalized spacial score (nSPS) is 12.1. The molecule has 1 atom stereocenters. The largest absolute Gasteiger partial charge is 0.357 e. The Morgan fingerprint density at radius 1 is 1.22 bits per heavy atom. The number of nitrogens with zero attached hydrogens (tertiary/aromatic N) is 1. The third kappa shape index (κ3) is 11.5. The third-order valence-corrected chi connectivity index (χ3v) is 4.78. The van der Waals surface area contributed by atoms with Crippen LogP contribution in [0.3, 0.4) is 0 Å². The summed E-state index contributed by atoms with van der Waals surface area (Å²) in [5, 5.41) is 9.64. The molecule has 0 aromatic heterocycles. The topological polar surface area (TPSA) is 65.5 Å². The first-order chi connectivity index (χ1) is 12.6. The van der Waals surface area contributed by atoms with Gasteiger partial charge >= 0.3 is 0 Å². The number of nitrogens with one attached hydrogen (secondary N) is 3. The van der Waals surface area contributed by atoms with E-state index in [0.29, 0.717) is 6.54 Å². The molecule has 1 rings (SSSR count). The van der Waals surface area contributed by atoms with Gasteiger partial charge in [-0.25, -0.2) is 4.99 Å². The van der Waals surface area contributed by atoms with E-state index in [-0.39, 0.29) is 35.8 Å². The lowest BCUT2D eigenvalue weighted by Gasteiger charge is -2.12. The van der Waals surface area contributed by atoms with Gasteiger partial charge in [0.25, 0.3) is 0 Å². The molecule has 154 valence electrons. The molecule has 0 spiro atoms. The number of anilines is 1. The molecule has 0 fully saturated rings. The second-order valence-electron chi connectivity index (χ2n) is 6.32. The van der Waals surface area contributed by atoms with Crippen molar-refractivity contribution < 1.29 is 4.79 Å². The van der Waals surface area contributed by atoms with Crippen LogP contribution in [-0.4, -0.2) is 37.0 Å². The van der Waals surface area contributed by atoms with Crippen molar-refractivity contribution in [2.45, 2.75) is 46.6 Å². The van der Waals surface area contributed by atoms with Crippen LogP contribution < -0.4 is 16.0 Å². The molecular weight excluding hydrogens is 471 g/mol. The average Bonchev–Trinajstić information content (AvgIpc) is 2.65. The van der Waals surface area contributed by atoms with Crippen LogP contribution in [0.15, 0.2) is 29.3 Å². The number of hydrogen-bond acceptors (Lipinski definition) is 3. The Hall–Kier alpha value is -0.960. The van der Waals surface area contributed by atoms with Crippen LogP contribution in [0.2, 0.25) is 0 Å². The van der Waals surface area contributed by atoms with E-state index in [1.165, 1.54) is 12.2 Å². The number of benzene rings is 1. The summed E-state index contributed by atoms with van der Waals surface area (Å²) >= 11 is 1.88. The van der Waals surface area contributed by atoms with Gasteiger partial charge in [-0.2, -0.15) is 11.8 Å². The Morgan fingerprint density at radius 3 is 2.67 bits per heavy atom. The lowest BCUT2D eigenvalue weighted by atomic mass is 10.1. The summed E-state index contributed by atoms with van der Waals surface area (Å²) in [4.78, 5) is 16.7. The standard InChI is InChI=1S/C20H34N4OS.HI/c1-5-16(3)19(25)24-18-11-9-10-17(14-18)15-23-20(21-6-2)22-12-7-8-13-26-4;/h9-11,14,16H,5-8,12-13,15H2,1-4H3,(H,24,25)(H2,21,22,23);1H. The molecule has 0 saturated carbocycles. The number of unbranched alkanes of at least 4 members (excludes halogenated alkanes) is 1. The summed E-state index contributed by atoms with van der Waals surface area (Å²) in [5.41, 5.74) is 1.91. The van der Waals surface area contributed by atoms with E-state index >= 15 is 0 Å². The molecule has 0 aliphatic rings. The van der Waals surface area contributed by atoms with Crippen molar-refractivity contribution in [3.05, 3.63) is 29.8 Å². The number of hydrogen-bond donors (Lipinski definition) is 3. The van der Waals surface area contributed by atoms with E-state index < -0.39 is 0 Å². The molecule has 1 aromatic rings. The summed E-state index contributed by atoms with van der Waals surface area (Å²) in [6.45, 7) is 8.37. The summed E-state index contributed by atoms with van der Waals surface area (Å²) < 4.78 is 0. The molecule has 0 aliphatic heterocycles. The number of aliphatic imine (C=N–C) groups is 1. The van der Waals surface area contributed by atoms with E-state index in [1.807, 2.05) is 49.9 Å². The van der Waals surface area contributed by atoms with Gasteiger partial charge in [0.1, 0.15) is 0 Å². The highest BCUT2D eigenvalue weighted by molar-refractivity contribution is 14.0. The molecule has 0 aliphatic carbocycles. The van der Waals surface area contributed by atoms with Crippen LogP contribution in [0.4, 0.5) is 5.69 Å². The van der Waals surface area contributed by atoms with E-state index in [9.17, 15) is 4.79 Å². The van der Waals surface area contributed by atoms with Gasteiger partial charge in [-0.1, -0.05) is 26.0 Å². The van der Waals surface area contributed by atoms with Crippen molar-refractivity contribution in [2.75, 3.05) is 30.4 Å². The first kappa shape index (κ1) is 26.0. The monoisotopic (exact) mass is 506 g/mol. The Morgan fingerprint density at radius 2 is 2.00 bits per heavy atom. The maximum Gasteiger partial charge on any atom is 0.227 e. The highest BCUT2D eigenvalue weighted by Crippen LogP contribution is 2.13. The van der Waals surface area contributed by atoms with E-state index in [4.69, 9.17) is 0 Å². The first-order valence-electron chi connectivity index (χ1n) is 9.51. The minimum absolute atomic E-state index is 0. The lowest BCUT2D eigenvalue weighted by Crippen LogP contribution is -2.37. The molecule has 5 nitrogen and oxygen atoms in total. The minimum Gasteiger partial charge on any atom is -0.357 e. The van der Waals surface area contributed by atoms with Gasteiger partial charge in [0.2, 0.25) is 5.91 Å². The van der Waals surface area contributed by atoms with Gasteiger partial charge < -0.3 is 16.0 Å². The van der Waals surface area contributed by atoms with Gasteiger partial charge in [0.05, 0.1) is 6.54 Å². The molecule has 3 N–H and O–H groups in total. The number of rotatable bonds is 11. The van der Waals surface area contributed by atoms with Crippen molar-refractivity contribution in [3.63, 3.8) is 0 Å². The quantitative estimate of drug-likeness (QED) is 0.179. The summed E-state index contributed by atoms with van der Waals surface area (Å²) in [7, 11) is 0. The fourth-order valence-electron chi connectivity index (χ4n) is 2.29. The smallest absolute Gasteiger partial charge is 0.227 e. The highest BCUT2D eigenvalue weighted by atomic mass is 127. The van der Waals surface area contributed by atoms with E-state index in [2.05, 4.69) is 34.1 Å². The number of carbonyl (C=O) groups is 1. The van der Waals surface area contributed by atoms with Crippen molar-refractivity contribution in [1.82, 2.24) is 10.6 Å². The summed E-state index contributed by atoms with van der Waals surface area (Å²) in [6, 6.07) is 7.90. The first-order valence-corrected chi connectivity index (χ1v) is 10.9. The van der Waals surface area contributed by atoms with E-state index in [1.54, 1.807) is 0 Å². The third-order valence-electron chi connectivity index (χ3n) is 4.09. The highest BCUT2D eigenvalue weighted by Gasteiger charge is 2.10. The maximum absolute atomic E-state index is 12.0. The average molecular weight is 506 g/mol. The fraction of sp³-hybridized carbons (Fsp3) is 0.600.